The molecule has 0 spiro atoms. The summed E-state index contributed by atoms with van der Waals surface area (Å²) in [5, 5.41) is 10.6. The molecule has 2 N–H and O–H groups in total. The lowest BCUT2D eigenvalue weighted by molar-refractivity contribution is 0.417. The van der Waals surface area contributed by atoms with Crippen LogP contribution >= 0.6 is 23.8 Å². The predicted molar refractivity (Wildman–Crippen MR) is 98.2 cm³/mol. The molecular formula is C16H14N4OS2. The Labute approximate surface area is 143 Å². The largest absolute Gasteiger partial charge is 0.495 e. The van der Waals surface area contributed by atoms with E-state index < -0.39 is 0 Å². The average Bonchev–Trinajstić information content (AvgIpc) is 3.10. The minimum Gasteiger partial charge on any atom is -0.495 e. The highest BCUT2D eigenvalue weighted by atomic mass is 32.1. The van der Waals surface area contributed by atoms with Gasteiger partial charge in [-0.05, 0) is 53.6 Å². The van der Waals surface area contributed by atoms with Crippen molar-refractivity contribution in [3.63, 3.8) is 0 Å². The van der Waals surface area contributed by atoms with Crippen molar-refractivity contribution in [2.75, 3.05) is 17.7 Å². The number of para-hydroxylation sites is 2. The molecule has 3 rings (SSSR count). The van der Waals surface area contributed by atoms with Crippen LogP contribution in [0, 0.1) is 0 Å². The summed E-state index contributed by atoms with van der Waals surface area (Å²) in [5.41, 5.74) is 2.80. The average molecular weight is 342 g/mol. The number of rotatable bonds is 4. The van der Waals surface area contributed by atoms with Gasteiger partial charge in [0.1, 0.15) is 5.75 Å². The molecule has 3 aromatic rings. The van der Waals surface area contributed by atoms with Gasteiger partial charge in [0.25, 0.3) is 0 Å². The minimum atomic E-state index is 0.502. The van der Waals surface area contributed by atoms with Crippen molar-refractivity contribution in [2.24, 2.45) is 0 Å². The zero-order valence-corrected chi connectivity index (χ0v) is 13.9. The highest BCUT2D eigenvalue weighted by Crippen LogP contribution is 2.25. The smallest absolute Gasteiger partial charge is 0.175 e. The molecule has 1 heterocycles. The highest BCUT2D eigenvalue weighted by Gasteiger charge is 2.05. The van der Waals surface area contributed by atoms with E-state index in [0.717, 1.165) is 27.6 Å². The van der Waals surface area contributed by atoms with E-state index in [1.807, 2.05) is 48.5 Å². The summed E-state index contributed by atoms with van der Waals surface area (Å²) < 4.78 is 9.16. The molecule has 0 amide bonds. The van der Waals surface area contributed by atoms with Crippen LogP contribution in [0.25, 0.3) is 10.4 Å². The van der Waals surface area contributed by atoms with E-state index in [1.165, 1.54) is 11.5 Å². The maximum Gasteiger partial charge on any atom is 0.175 e. The van der Waals surface area contributed by atoms with Crippen LogP contribution in [0.2, 0.25) is 0 Å². The number of thiocarbonyl (C=S) groups is 1. The van der Waals surface area contributed by atoms with Gasteiger partial charge in [-0.15, -0.1) is 5.10 Å². The van der Waals surface area contributed by atoms with Gasteiger partial charge in [0.05, 0.1) is 23.9 Å². The summed E-state index contributed by atoms with van der Waals surface area (Å²) in [5.74, 6) is 0.740. The molecule has 0 aliphatic heterocycles. The maximum absolute atomic E-state index is 5.34. The van der Waals surface area contributed by atoms with Crippen LogP contribution in [-0.4, -0.2) is 21.8 Å². The Balaban J connectivity index is 1.66. The number of hydrogen-bond acceptors (Lipinski definition) is 5. The molecule has 0 unspecified atom stereocenters. The first-order valence-corrected chi connectivity index (χ1v) is 8.03. The lowest BCUT2D eigenvalue weighted by atomic mass is 10.2. The van der Waals surface area contributed by atoms with Gasteiger partial charge in [0.2, 0.25) is 0 Å². The molecule has 1 aromatic heterocycles. The summed E-state index contributed by atoms with van der Waals surface area (Å²) in [6.45, 7) is 0. The molecule has 23 heavy (non-hydrogen) atoms. The van der Waals surface area contributed by atoms with Gasteiger partial charge in [-0.25, -0.2) is 0 Å². The van der Waals surface area contributed by atoms with Crippen LogP contribution in [0.3, 0.4) is 0 Å². The zero-order chi connectivity index (χ0) is 16.1. The van der Waals surface area contributed by atoms with Crippen LogP contribution in [0.4, 0.5) is 11.4 Å². The molecule has 0 aliphatic rings. The van der Waals surface area contributed by atoms with Gasteiger partial charge < -0.3 is 15.4 Å². The van der Waals surface area contributed by atoms with E-state index in [1.54, 1.807) is 13.3 Å². The van der Waals surface area contributed by atoms with Crippen molar-refractivity contribution in [2.45, 2.75) is 0 Å². The van der Waals surface area contributed by atoms with Crippen molar-refractivity contribution in [1.82, 2.24) is 9.59 Å². The normalized spacial score (nSPS) is 10.1. The minimum absolute atomic E-state index is 0.502. The Hall–Kier alpha value is -2.51. The number of ether oxygens (including phenoxy) is 1. The zero-order valence-electron chi connectivity index (χ0n) is 12.3. The SMILES string of the molecule is COc1ccccc1NC(=S)Nc1ccc(-c2cnns2)cc1. The number of aromatic nitrogens is 2. The summed E-state index contributed by atoms with van der Waals surface area (Å²) in [7, 11) is 1.63. The fourth-order valence-electron chi connectivity index (χ4n) is 2.04. The van der Waals surface area contributed by atoms with Crippen molar-refractivity contribution in [1.29, 1.82) is 0 Å². The van der Waals surface area contributed by atoms with Crippen LogP contribution < -0.4 is 15.4 Å². The van der Waals surface area contributed by atoms with E-state index in [0.29, 0.717) is 5.11 Å². The third-order valence-corrected chi connectivity index (χ3v) is 4.06. The van der Waals surface area contributed by atoms with Crippen LogP contribution in [0.1, 0.15) is 0 Å². The van der Waals surface area contributed by atoms with Gasteiger partial charge in [0.15, 0.2) is 5.11 Å². The first kappa shape index (κ1) is 15.4. The second-order valence-corrected chi connectivity index (χ2v) is 5.83. The molecule has 116 valence electrons. The molecule has 0 radical (unpaired) electrons. The second-order valence-electron chi connectivity index (χ2n) is 4.64. The summed E-state index contributed by atoms with van der Waals surface area (Å²) in [6, 6.07) is 15.6. The Morgan fingerprint density at radius 3 is 2.57 bits per heavy atom. The topological polar surface area (TPSA) is 59.1 Å². The number of anilines is 2. The molecule has 0 atom stereocenters. The number of methoxy groups -OCH3 is 1. The third kappa shape index (κ3) is 3.82. The van der Waals surface area contributed by atoms with Crippen molar-refractivity contribution >= 4 is 40.2 Å². The summed E-state index contributed by atoms with van der Waals surface area (Å²) >= 11 is 6.71. The fourth-order valence-corrected chi connectivity index (χ4v) is 2.79. The number of hydrogen-bond donors (Lipinski definition) is 2. The van der Waals surface area contributed by atoms with E-state index in [4.69, 9.17) is 17.0 Å². The number of nitrogens with zero attached hydrogens (tertiary/aromatic N) is 2. The second kappa shape index (κ2) is 7.17. The molecule has 0 saturated heterocycles. The van der Waals surface area contributed by atoms with E-state index >= 15 is 0 Å². The van der Waals surface area contributed by atoms with Gasteiger partial charge in [-0.3, -0.25) is 0 Å². The highest BCUT2D eigenvalue weighted by molar-refractivity contribution is 7.80. The maximum atomic E-state index is 5.34. The quantitative estimate of drug-likeness (QED) is 0.698. The summed E-state index contributed by atoms with van der Waals surface area (Å²) in [4.78, 5) is 1.03. The predicted octanol–water partition coefficient (Wildman–Crippen LogP) is 4.02. The molecule has 0 fully saturated rings. The van der Waals surface area contributed by atoms with Crippen LogP contribution in [0.15, 0.2) is 54.7 Å². The van der Waals surface area contributed by atoms with Gasteiger partial charge >= 0.3 is 0 Å². The first-order chi connectivity index (χ1) is 11.3. The number of nitrogens with one attached hydrogen (secondary N) is 2. The van der Waals surface area contributed by atoms with Crippen LogP contribution in [0.5, 0.6) is 5.75 Å². The first-order valence-electron chi connectivity index (χ1n) is 6.85. The standard InChI is InChI=1S/C16H14N4OS2/c1-21-14-5-3-2-4-13(14)19-16(22)18-12-8-6-11(7-9-12)15-10-17-20-23-15/h2-10H,1H3,(H2,18,19,22). The van der Waals surface area contributed by atoms with E-state index in [2.05, 4.69) is 20.2 Å². The molecule has 7 heteroatoms. The van der Waals surface area contributed by atoms with Gasteiger partial charge in [0, 0.05) is 5.69 Å². The molecule has 2 aromatic carbocycles. The molecule has 5 nitrogen and oxygen atoms in total. The lowest BCUT2D eigenvalue weighted by Gasteiger charge is -2.13. The summed E-state index contributed by atoms with van der Waals surface area (Å²) in [6.07, 6.45) is 1.75. The number of benzene rings is 2. The Bertz CT molecular complexity index is 788. The van der Waals surface area contributed by atoms with Crippen molar-refractivity contribution in [3.05, 3.63) is 54.7 Å². The van der Waals surface area contributed by atoms with E-state index in [9.17, 15) is 0 Å². The molecule has 0 saturated carbocycles. The van der Waals surface area contributed by atoms with Gasteiger partial charge in [-0.2, -0.15) is 0 Å². The van der Waals surface area contributed by atoms with Gasteiger partial charge in [-0.1, -0.05) is 28.8 Å². The van der Waals surface area contributed by atoms with Crippen molar-refractivity contribution < 1.29 is 4.74 Å². The van der Waals surface area contributed by atoms with Crippen LogP contribution in [-0.2, 0) is 0 Å². The Morgan fingerprint density at radius 2 is 1.87 bits per heavy atom. The Kier molecular flexibility index (Phi) is 4.80. The molecular weight excluding hydrogens is 328 g/mol. The van der Waals surface area contributed by atoms with Crippen molar-refractivity contribution in [3.8, 4) is 16.2 Å². The monoisotopic (exact) mass is 342 g/mol. The Morgan fingerprint density at radius 1 is 1.09 bits per heavy atom. The molecule has 0 aliphatic carbocycles. The third-order valence-electron chi connectivity index (χ3n) is 3.14. The molecule has 0 bridgehead atoms. The lowest BCUT2D eigenvalue weighted by Crippen LogP contribution is -2.19. The van der Waals surface area contributed by atoms with E-state index in [-0.39, 0.29) is 0 Å². The fraction of sp³-hybridized carbons (Fsp3) is 0.0625.